The number of ether oxygens (including phenoxy) is 1. The van der Waals surface area contributed by atoms with E-state index in [1.54, 1.807) is 7.11 Å². The van der Waals surface area contributed by atoms with Gasteiger partial charge in [-0.1, -0.05) is 12.5 Å². The molecule has 80 valence electrons. The van der Waals surface area contributed by atoms with Crippen molar-refractivity contribution in [3.8, 4) is 0 Å². The summed E-state index contributed by atoms with van der Waals surface area (Å²) in [5.74, 6) is 2.33. The zero-order valence-corrected chi connectivity index (χ0v) is 9.15. The van der Waals surface area contributed by atoms with Crippen molar-refractivity contribution < 1.29 is 4.74 Å². The molecule has 0 saturated heterocycles. The van der Waals surface area contributed by atoms with Crippen LogP contribution in [0.3, 0.4) is 0 Å². The lowest BCUT2D eigenvalue weighted by Gasteiger charge is -2.26. The molecular weight excluding hydrogens is 186 g/mol. The third-order valence-electron chi connectivity index (χ3n) is 3.85. The van der Waals surface area contributed by atoms with Gasteiger partial charge in [0.15, 0.2) is 0 Å². The van der Waals surface area contributed by atoms with Gasteiger partial charge in [0.05, 0.1) is 13.2 Å². The lowest BCUT2D eigenvalue weighted by atomic mass is 9.77. The van der Waals surface area contributed by atoms with Crippen molar-refractivity contribution in [1.82, 2.24) is 0 Å². The van der Waals surface area contributed by atoms with Crippen molar-refractivity contribution in [2.45, 2.75) is 31.7 Å². The molecule has 0 amide bonds. The Hall–Kier alpha value is -1.05. The first-order valence-electron chi connectivity index (χ1n) is 5.89. The molecule has 1 fully saturated rings. The second-order valence-corrected chi connectivity index (χ2v) is 4.67. The van der Waals surface area contributed by atoms with Gasteiger partial charge in [-0.3, -0.25) is 4.99 Å². The van der Waals surface area contributed by atoms with E-state index in [9.17, 15) is 0 Å². The molecule has 0 spiro atoms. The lowest BCUT2D eigenvalue weighted by Crippen LogP contribution is -2.25. The van der Waals surface area contributed by atoms with Crippen molar-refractivity contribution in [2.24, 2.45) is 16.8 Å². The molecule has 3 atom stereocenters. The van der Waals surface area contributed by atoms with Gasteiger partial charge in [-0.25, -0.2) is 0 Å². The van der Waals surface area contributed by atoms with Gasteiger partial charge in [-0.15, -0.1) is 0 Å². The second kappa shape index (κ2) is 3.51. The van der Waals surface area contributed by atoms with Gasteiger partial charge in [0.2, 0.25) is 0 Å². The summed E-state index contributed by atoms with van der Waals surface area (Å²) in [6.45, 7) is 0. The van der Waals surface area contributed by atoms with E-state index in [-0.39, 0.29) is 0 Å². The zero-order valence-electron chi connectivity index (χ0n) is 9.15. The summed E-state index contributed by atoms with van der Waals surface area (Å²) >= 11 is 0. The van der Waals surface area contributed by atoms with E-state index in [1.165, 1.54) is 31.4 Å². The molecule has 15 heavy (non-hydrogen) atoms. The predicted molar refractivity (Wildman–Crippen MR) is 60.9 cm³/mol. The fourth-order valence-corrected chi connectivity index (χ4v) is 3.08. The van der Waals surface area contributed by atoms with Gasteiger partial charge in [-0.05, 0) is 31.4 Å². The average molecular weight is 203 g/mol. The molecule has 1 saturated carbocycles. The largest absolute Gasteiger partial charge is 0.497 e. The minimum atomic E-state index is 0.364. The summed E-state index contributed by atoms with van der Waals surface area (Å²) in [5.41, 5.74) is 1.47. The molecule has 0 aromatic carbocycles. The molecular formula is C13H17NO. The van der Waals surface area contributed by atoms with Crippen LogP contribution in [0.1, 0.15) is 25.7 Å². The zero-order chi connectivity index (χ0) is 10.3. The SMILES string of the molecule is COC1=C[C@H]2N=C3CCCCC3[C@H]2C=C1. The number of rotatable bonds is 1. The number of allylic oxidation sites excluding steroid dienone is 1. The van der Waals surface area contributed by atoms with Crippen LogP contribution in [-0.4, -0.2) is 18.9 Å². The molecule has 0 radical (unpaired) electrons. The summed E-state index contributed by atoms with van der Waals surface area (Å²) in [5, 5.41) is 0. The van der Waals surface area contributed by atoms with E-state index in [1.807, 2.05) is 0 Å². The number of hydrogen-bond acceptors (Lipinski definition) is 2. The number of aliphatic imine (C=N–C) groups is 1. The van der Waals surface area contributed by atoms with Gasteiger partial charge >= 0.3 is 0 Å². The quantitative estimate of drug-likeness (QED) is 0.642. The van der Waals surface area contributed by atoms with Crippen LogP contribution in [-0.2, 0) is 4.74 Å². The van der Waals surface area contributed by atoms with Crippen LogP contribution >= 0.6 is 0 Å². The van der Waals surface area contributed by atoms with Crippen molar-refractivity contribution in [2.75, 3.05) is 7.11 Å². The maximum Gasteiger partial charge on any atom is 0.116 e. The Morgan fingerprint density at radius 2 is 2.33 bits per heavy atom. The van der Waals surface area contributed by atoms with Crippen molar-refractivity contribution in [3.63, 3.8) is 0 Å². The third kappa shape index (κ3) is 1.43. The minimum absolute atomic E-state index is 0.364. The van der Waals surface area contributed by atoms with Gasteiger partial charge in [0, 0.05) is 17.5 Å². The molecule has 3 aliphatic rings. The first kappa shape index (κ1) is 9.20. The third-order valence-corrected chi connectivity index (χ3v) is 3.85. The summed E-state index contributed by atoms with van der Waals surface area (Å²) in [6.07, 6.45) is 11.9. The second-order valence-electron chi connectivity index (χ2n) is 4.67. The topological polar surface area (TPSA) is 21.6 Å². The molecule has 0 N–H and O–H groups in total. The Kier molecular flexibility index (Phi) is 2.15. The normalized spacial score (nSPS) is 37.8. The highest BCUT2D eigenvalue weighted by atomic mass is 16.5. The lowest BCUT2D eigenvalue weighted by molar-refractivity contribution is 0.297. The molecule has 3 rings (SSSR count). The van der Waals surface area contributed by atoms with E-state index in [0.717, 1.165) is 11.7 Å². The Labute approximate surface area is 90.7 Å². The van der Waals surface area contributed by atoms with Crippen molar-refractivity contribution in [1.29, 1.82) is 0 Å². The standard InChI is InChI=1S/C13H17NO/c1-15-9-6-7-11-10-4-2-3-5-12(10)14-13(11)8-9/h6-8,10-11,13H,2-5H2,1H3/t10?,11-,13-/m1/s1. The Bertz CT molecular complexity index is 354. The monoisotopic (exact) mass is 203 g/mol. The summed E-state index contributed by atoms with van der Waals surface area (Å²) in [6, 6.07) is 0.364. The van der Waals surface area contributed by atoms with E-state index in [0.29, 0.717) is 12.0 Å². The van der Waals surface area contributed by atoms with Gasteiger partial charge in [0.25, 0.3) is 0 Å². The van der Waals surface area contributed by atoms with E-state index in [2.05, 4.69) is 18.2 Å². The maximum atomic E-state index is 5.26. The van der Waals surface area contributed by atoms with Gasteiger partial charge in [-0.2, -0.15) is 0 Å². The first-order chi connectivity index (χ1) is 7.38. The van der Waals surface area contributed by atoms with Crippen LogP contribution in [0.25, 0.3) is 0 Å². The highest BCUT2D eigenvalue weighted by molar-refractivity contribution is 5.90. The average Bonchev–Trinajstić information content (AvgIpc) is 2.66. The molecule has 1 aliphatic heterocycles. The highest BCUT2D eigenvalue weighted by Gasteiger charge is 2.38. The Morgan fingerprint density at radius 1 is 1.40 bits per heavy atom. The molecule has 2 aliphatic carbocycles. The fraction of sp³-hybridized carbons (Fsp3) is 0.615. The van der Waals surface area contributed by atoms with Crippen LogP contribution in [0.5, 0.6) is 0 Å². The smallest absolute Gasteiger partial charge is 0.116 e. The molecule has 2 nitrogen and oxygen atoms in total. The van der Waals surface area contributed by atoms with E-state index >= 15 is 0 Å². The van der Waals surface area contributed by atoms with Crippen LogP contribution in [0, 0.1) is 11.8 Å². The summed E-state index contributed by atoms with van der Waals surface area (Å²) in [7, 11) is 1.73. The molecule has 1 heterocycles. The fourth-order valence-electron chi connectivity index (χ4n) is 3.08. The molecule has 0 aromatic heterocycles. The van der Waals surface area contributed by atoms with Gasteiger partial charge in [0.1, 0.15) is 5.76 Å². The molecule has 2 heteroatoms. The maximum absolute atomic E-state index is 5.26. The first-order valence-corrected chi connectivity index (χ1v) is 5.89. The van der Waals surface area contributed by atoms with Crippen molar-refractivity contribution in [3.05, 3.63) is 24.0 Å². The van der Waals surface area contributed by atoms with Crippen molar-refractivity contribution >= 4 is 5.71 Å². The van der Waals surface area contributed by atoms with Crippen LogP contribution in [0.4, 0.5) is 0 Å². The summed E-state index contributed by atoms with van der Waals surface area (Å²) in [4.78, 5) is 4.84. The number of hydrogen-bond donors (Lipinski definition) is 0. The van der Waals surface area contributed by atoms with Crippen LogP contribution < -0.4 is 0 Å². The molecule has 0 aromatic rings. The van der Waals surface area contributed by atoms with E-state index in [4.69, 9.17) is 9.73 Å². The molecule has 0 bridgehead atoms. The number of fused-ring (bicyclic) bond motifs is 3. The Morgan fingerprint density at radius 3 is 3.20 bits per heavy atom. The summed E-state index contributed by atoms with van der Waals surface area (Å²) < 4.78 is 5.26. The molecule has 1 unspecified atom stereocenters. The van der Waals surface area contributed by atoms with Crippen LogP contribution in [0.15, 0.2) is 29.0 Å². The highest BCUT2D eigenvalue weighted by Crippen LogP contribution is 2.40. The van der Waals surface area contributed by atoms with Gasteiger partial charge < -0.3 is 4.74 Å². The Balaban J connectivity index is 1.88. The van der Waals surface area contributed by atoms with E-state index < -0.39 is 0 Å². The minimum Gasteiger partial charge on any atom is -0.497 e. The number of methoxy groups -OCH3 is 1. The number of nitrogens with zero attached hydrogens (tertiary/aromatic N) is 1. The predicted octanol–water partition coefficient (Wildman–Crippen LogP) is 2.72. The van der Waals surface area contributed by atoms with Crippen LogP contribution in [0.2, 0.25) is 0 Å².